The van der Waals surface area contributed by atoms with Gasteiger partial charge < -0.3 is 15.7 Å². The molecular weight excluding hydrogens is 280 g/mol. The predicted octanol–water partition coefficient (Wildman–Crippen LogP) is 2.21. The number of nitrogens with one attached hydrogen (secondary N) is 2. The first-order valence-corrected chi connectivity index (χ1v) is 7.33. The number of carbonyl (C=O) groups is 1. The topological polar surface area (TPSA) is 79.2 Å². The van der Waals surface area contributed by atoms with E-state index >= 15 is 0 Å². The van der Waals surface area contributed by atoms with Gasteiger partial charge in [0.2, 0.25) is 0 Å². The summed E-state index contributed by atoms with van der Waals surface area (Å²) in [6.07, 6.45) is 4.16. The third-order valence-corrected chi connectivity index (χ3v) is 3.55. The third-order valence-electron chi connectivity index (χ3n) is 3.55. The highest BCUT2D eigenvalue weighted by molar-refractivity contribution is 5.90. The van der Waals surface area contributed by atoms with E-state index in [9.17, 15) is 9.90 Å². The van der Waals surface area contributed by atoms with E-state index in [-0.39, 0.29) is 12.6 Å². The van der Waals surface area contributed by atoms with E-state index in [4.69, 9.17) is 0 Å². The maximum atomic E-state index is 12.0. The predicted molar refractivity (Wildman–Crippen MR) is 85.7 cm³/mol. The summed E-state index contributed by atoms with van der Waals surface area (Å²) in [7, 11) is 0. The first kappa shape index (κ1) is 16.0. The summed E-state index contributed by atoms with van der Waals surface area (Å²) >= 11 is 0. The summed E-state index contributed by atoms with van der Waals surface area (Å²) in [5.41, 5.74) is 0.793. The number of amides is 2. The van der Waals surface area contributed by atoms with E-state index in [1.165, 1.54) is 0 Å². The Bertz CT molecular complexity index is 608. The van der Waals surface area contributed by atoms with E-state index in [0.29, 0.717) is 13.0 Å². The fourth-order valence-electron chi connectivity index (χ4n) is 1.91. The molecule has 6 nitrogen and oxygen atoms in total. The van der Waals surface area contributed by atoms with Gasteiger partial charge >= 0.3 is 6.03 Å². The molecule has 0 aliphatic rings. The minimum Gasteiger partial charge on any atom is -0.388 e. The number of aliphatic hydroxyl groups is 1. The van der Waals surface area contributed by atoms with E-state index < -0.39 is 5.60 Å². The zero-order valence-corrected chi connectivity index (χ0v) is 12.9. The molecule has 3 N–H and O–H groups in total. The highest BCUT2D eigenvalue weighted by atomic mass is 16.3. The lowest BCUT2D eigenvalue weighted by Gasteiger charge is -2.22. The number of hydrogen-bond acceptors (Lipinski definition) is 3. The molecule has 1 aromatic carbocycles. The van der Waals surface area contributed by atoms with Crippen molar-refractivity contribution in [3.63, 3.8) is 0 Å². The van der Waals surface area contributed by atoms with Gasteiger partial charge in [0.15, 0.2) is 0 Å². The van der Waals surface area contributed by atoms with Gasteiger partial charge in [-0.1, -0.05) is 25.1 Å². The number of para-hydroxylation sites is 1. The number of nitrogens with zero attached hydrogens (tertiary/aromatic N) is 2. The average Bonchev–Trinajstić information content (AvgIpc) is 3.00. The highest BCUT2D eigenvalue weighted by Crippen LogP contribution is 2.16. The first-order valence-electron chi connectivity index (χ1n) is 7.33. The molecule has 0 aliphatic heterocycles. The van der Waals surface area contributed by atoms with Crippen LogP contribution >= 0.6 is 0 Å². The SMILES string of the molecule is CCC(C)(O)CNC(=O)Nc1ccccc1Cn1cccn1. The third kappa shape index (κ3) is 4.60. The van der Waals surface area contributed by atoms with Crippen molar-refractivity contribution in [2.24, 2.45) is 0 Å². The number of rotatable bonds is 6. The number of carbonyl (C=O) groups excluding carboxylic acids is 1. The molecule has 2 rings (SSSR count). The van der Waals surface area contributed by atoms with Crippen molar-refractivity contribution in [3.05, 3.63) is 48.3 Å². The quantitative estimate of drug-likeness (QED) is 0.765. The second-order valence-corrected chi connectivity index (χ2v) is 5.52. The molecule has 1 aromatic heterocycles. The molecular formula is C16H22N4O2. The molecule has 22 heavy (non-hydrogen) atoms. The van der Waals surface area contributed by atoms with Crippen molar-refractivity contribution in [2.75, 3.05) is 11.9 Å². The molecule has 0 radical (unpaired) electrons. The summed E-state index contributed by atoms with van der Waals surface area (Å²) < 4.78 is 1.79. The van der Waals surface area contributed by atoms with Crippen LogP contribution in [0.15, 0.2) is 42.7 Å². The van der Waals surface area contributed by atoms with Gasteiger partial charge in [-0.3, -0.25) is 4.68 Å². The second-order valence-electron chi connectivity index (χ2n) is 5.52. The summed E-state index contributed by atoms with van der Waals surface area (Å²) in [6, 6.07) is 9.10. The van der Waals surface area contributed by atoms with Crippen LogP contribution in [0.2, 0.25) is 0 Å². The monoisotopic (exact) mass is 302 g/mol. The number of benzene rings is 1. The molecule has 0 saturated heterocycles. The largest absolute Gasteiger partial charge is 0.388 e. The van der Waals surface area contributed by atoms with Gasteiger partial charge in [0.1, 0.15) is 0 Å². The zero-order valence-electron chi connectivity index (χ0n) is 12.9. The lowest BCUT2D eigenvalue weighted by molar-refractivity contribution is 0.0587. The summed E-state index contributed by atoms with van der Waals surface area (Å²) in [5, 5.41) is 19.6. The highest BCUT2D eigenvalue weighted by Gasteiger charge is 2.18. The van der Waals surface area contributed by atoms with Crippen molar-refractivity contribution in [2.45, 2.75) is 32.4 Å². The zero-order chi connectivity index (χ0) is 16.0. The Morgan fingerprint density at radius 3 is 2.82 bits per heavy atom. The Labute approximate surface area is 130 Å². The summed E-state index contributed by atoms with van der Waals surface area (Å²) in [6.45, 7) is 4.35. The van der Waals surface area contributed by atoms with E-state index in [0.717, 1.165) is 11.3 Å². The molecule has 1 atom stereocenters. The van der Waals surface area contributed by atoms with Gasteiger partial charge in [-0.15, -0.1) is 0 Å². The average molecular weight is 302 g/mol. The molecule has 1 heterocycles. The van der Waals surface area contributed by atoms with Gasteiger partial charge in [-0.05, 0) is 31.0 Å². The van der Waals surface area contributed by atoms with Crippen LogP contribution in [0.25, 0.3) is 0 Å². The first-order chi connectivity index (χ1) is 10.5. The number of urea groups is 1. The fraction of sp³-hybridized carbons (Fsp3) is 0.375. The molecule has 1 unspecified atom stereocenters. The van der Waals surface area contributed by atoms with E-state index in [1.54, 1.807) is 17.8 Å². The van der Waals surface area contributed by atoms with E-state index in [2.05, 4.69) is 15.7 Å². The molecule has 0 aliphatic carbocycles. The molecule has 6 heteroatoms. The fourth-order valence-corrected chi connectivity index (χ4v) is 1.91. The van der Waals surface area contributed by atoms with Gasteiger partial charge in [-0.25, -0.2) is 4.79 Å². The van der Waals surface area contributed by atoms with Gasteiger partial charge in [0.25, 0.3) is 0 Å². The minimum atomic E-state index is -0.897. The van der Waals surface area contributed by atoms with Gasteiger partial charge in [0.05, 0.1) is 12.1 Å². The molecule has 0 spiro atoms. The Morgan fingerprint density at radius 1 is 1.36 bits per heavy atom. The lowest BCUT2D eigenvalue weighted by Crippen LogP contribution is -2.41. The Morgan fingerprint density at radius 2 is 2.14 bits per heavy atom. The Hall–Kier alpha value is -2.34. The van der Waals surface area contributed by atoms with Crippen LogP contribution in [0, 0.1) is 0 Å². The molecule has 2 aromatic rings. The van der Waals surface area contributed by atoms with Crippen LogP contribution < -0.4 is 10.6 Å². The standard InChI is InChI=1S/C16H22N4O2/c1-3-16(2,22)12-17-15(21)19-14-8-5-4-7-13(14)11-20-10-6-9-18-20/h4-10,22H,3,11-12H2,1-2H3,(H2,17,19,21). The van der Waals surface area contributed by atoms with Crippen LogP contribution in [0.1, 0.15) is 25.8 Å². The second kappa shape index (κ2) is 7.09. The van der Waals surface area contributed by atoms with Crippen LogP contribution in [-0.4, -0.2) is 33.1 Å². The minimum absolute atomic E-state index is 0.205. The summed E-state index contributed by atoms with van der Waals surface area (Å²) in [5.74, 6) is 0. The van der Waals surface area contributed by atoms with Crippen molar-refractivity contribution in [1.82, 2.24) is 15.1 Å². The molecule has 118 valence electrons. The summed E-state index contributed by atoms with van der Waals surface area (Å²) in [4.78, 5) is 12.0. The Kier molecular flexibility index (Phi) is 5.16. The molecule has 0 saturated carbocycles. The van der Waals surface area contributed by atoms with Crippen molar-refractivity contribution in [1.29, 1.82) is 0 Å². The Balaban J connectivity index is 1.99. The van der Waals surface area contributed by atoms with Crippen molar-refractivity contribution in [3.8, 4) is 0 Å². The van der Waals surface area contributed by atoms with Gasteiger partial charge in [0, 0.05) is 24.6 Å². The molecule has 0 bridgehead atoms. The number of hydrogen-bond donors (Lipinski definition) is 3. The van der Waals surface area contributed by atoms with E-state index in [1.807, 2.05) is 43.5 Å². The van der Waals surface area contributed by atoms with Crippen molar-refractivity contribution >= 4 is 11.7 Å². The maximum absolute atomic E-state index is 12.0. The molecule has 2 amide bonds. The van der Waals surface area contributed by atoms with Crippen molar-refractivity contribution < 1.29 is 9.90 Å². The lowest BCUT2D eigenvalue weighted by atomic mass is 10.0. The van der Waals surface area contributed by atoms with Gasteiger partial charge in [-0.2, -0.15) is 5.10 Å². The van der Waals surface area contributed by atoms with Crippen LogP contribution in [0.4, 0.5) is 10.5 Å². The number of anilines is 1. The van der Waals surface area contributed by atoms with Crippen LogP contribution in [0.5, 0.6) is 0 Å². The normalized spacial score (nSPS) is 13.4. The smallest absolute Gasteiger partial charge is 0.319 e. The molecule has 0 fully saturated rings. The van der Waals surface area contributed by atoms with Crippen LogP contribution in [-0.2, 0) is 6.54 Å². The number of aromatic nitrogens is 2. The van der Waals surface area contributed by atoms with Crippen LogP contribution in [0.3, 0.4) is 0 Å². The maximum Gasteiger partial charge on any atom is 0.319 e.